The van der Waals surface area contributed by atoms with Crippen molar-refractivity contribution in [3.8, 4) is 0 Å². The zero-order valence-electron chi connectivity index (χ0n) is 9.32. The summed E-state index contributed by atoms with van der Waals surface area (Å²) in [5, 5.41) is 6.92. The number of aliphatic imine (C=N–C) groups is 1. The van der Waals surface area contributed by atoms with Gasteiger partial charge in [-0.15, -0.1) is 0 Å². The van der Waals surface area contributed by atoms with E-state index >= 15 is 0 Å². The van der Waals surface area contributed by atoms with Gasteiger partial charge in [-0.2, -0.15) is 0 Å². The molecule has 1 aliphatic carbocycles. The molecule has 3 heteroatoms. The Labute approximate surface area is 96.0 Å². The molecule has 84 valence electrons. The van der Waals surface area contributed by atoms with Gasteiger partial charge in [0.25, 0.3) is 0 Å². The summed E-state index contributed by atoms with van der Waals surface area (Å²) in [6.07, 6.45) is 3.89. The number of nitrogens with zero attached hydrogens (tertiary/aromatic N) is 1. The summed E-state index contributed by atoms with van der Waals surface area (Å²) in [6.45, 7) is 0.760. The zero-order chi connectivity index (χ0) is 10.8. The quantitative estimate of drug-likeness (QED) is 0.787. The lowest BCUT2D eigenvalue weighted by atomic mass is 10.2. The highest BCUT2D eigenvalue weighted by molar-refractivity contribution is 5.83. The highest BCUT2D eigenvalue weighted by Gasteiger charge is 2.33. The van der Waals surface area contributed by atoms with E-state index in [9.17, 15) is 0 Å². The average molecular weight is 215 g/mol. The summed E-state index contributed by atoms with van der Waals surface area (Å²) in [4.78, 5) is 4.57. The van der Waals surface area contributed by atoms with Crippen LogP contribution in [-0.2, 0) is 6.54 Å². The summed E-state index contributed by atoms with van der Waals surface area (Å²) >= 11 is 0. The molecule has 3 rings (SSSR count). The Bertz CT molecular complexity index is 371. The van der Waals surface area contributed by atoms with E-state index < -0.39 is 0 Å². The van der Waals surface area contributed by atoms with Gasteiger partial charge in [-0.25, -0.2) is 4.99 Å². The first kappa shape index (κ1) is 9.70. The van der Waals surface area contributed by atoms with Gasteiger partial charge in [-0.1, -0.05) is 30.3 Å². The Kier molecular flexibility index (Phi) is 2.52. The summed E-state index contributed by atoms with van der Waals surface area (Å²) < 4.78 is 0. The first-order valence-corrected chi connectivity index (χ1v) is 6.03. The number of rotatable bonds is 2. The SMILES string of the molecule is c1ccc(CN=C2NC3CCCC3N2)cc1. The molecule has 2 atom stereocenters. The summed E-state index contributed by atoms with van der Waals surface area (Å²) in [5.41, 5.74) is 1.26. The number of guanidine groups is 1. The molecule has 2 aliphatic rings. The fourth-order valence-electron chi connectivity index (χ4n) is 2.54. The lowest BCUT2D eigenvalue weighted by Gasteiger charge is -2.04. The molecule has 0 amide bonds. The molecule has 0 bridgehead atoms. The molecule has 2 fully saturated rings. The molecular weight excluding hydrogens is 198 g/mol. The molecule has 0 radical (unpaired) electrons. The summed E-state index contributed by atoms with van der Waals surface area (Å²) in [6, 6.07) is 11.6. The number of hydrogen-bond donors (Lipinski definition) is 2. The molecule has 0 spiro atoms. The zero-order valence-corrected chi connectivity index (χ0v) is 9.32. The minimum Gasteiger partial charge on any atom is -0.352 e. The van der Waals surface area contributed by atoms with Crippen molar-refractivity contribution in [2.45, 2.75) is 37.9 Å². The van der Waals surface area contributed by atoms with Crippen molar-refractivity contribution < 1.29 is 0 Å². The lowest BCUT2D eigenvalue weighted by molar-refractivity contribution is 0.583. The van der Waals surface area contributed by atoms with E-state index in [0.29, 0.717) is 12.1 Å². The maximum atomic E-state index is 4.57. The lowest BCUT2D eigenvalue weighted by Crippen LogP contribution is -2.27. The topological polar surface area (TPSA) is 36.4 Å². The Morgan fingerprint density at radius 1 is 1.06 bits per heavy atom. The molecule has 2 unspecified atom stereocenters. The second-order valence-corrected chi connectivity index (χ2v) is 4.58. The molecule has 1 aromatic carbocycles. The van der Waals surface area contributed by atoms with Crippen molar-refractivity contribution in [1.29, 1.82) is 0 Å². The minimum atomic E-state index is 0.620. The molecule has 0 aromatic heterocycles. The van der Waals surface area contributed by atoms with E-state index in [-0.39, 0.29) is 0 Å². The predicted molar refractivity (Wildman–Crippen MR) is 65.3 cm³/mol. The van der Waals surface area contributed by atoms with Gasteiger partial charge in [-0.05, 0) is 24.8 Å². The van der Waals surface area contributed by atoms with Crippen LogP contribution < -0.4 is 10.6 Å². The van der Waals surface area contributed by atoms with Crippen LogP contribution in [0.5, 0.6) is 0 Å². The van der Waals surface area contributed by atoms with Crippen LogP contribution in [0.2, 0.25) is 0 Å². The van der Waals surface area contributed by atoms with Gasteiger partial charge < -0.3 is 10.6 Å². The number of fused-ring (bicyclic) bond motifs is 1. The van der Waals surface area contributed by atoms with Gasteiger partial charge >= 0.3 is 0 Å². The van der Waals surface area contributed by atoms with Crippen molar-refractivity contribution in [2.75, 3.05) is 0 Å². The van der Waals surface area contributed by atoms with Crippen LogP contribution >= 0.6 is 0 Å². The predicted octanol–water partition coefficient (Wildman–Crippen LogP) is 1.66. The van der Waals surface area contributed by atoms with Gasteiger partial charge in [0.15, 0.2) is 5.96 Å². The van der Waals surface area contributed by atoms with Crippen LogP contribution in [0.1, 0.15) is 24.8 Å². The average Bonchev–Trinajstić information content (AvgIpc) is 2.88. The molecule has 16 heavy (non-hydrogen) atoms. The van der Waals surface area contributed by atoms with Crippen molar-refractivity contribution >= 4 is 5.96 Å². The fraction of sp³-hybridized carbons (Fsp3) is 0.462. The van der Waals surface area contributed by atoms with Gasteiger partial charge in [-0.3, -0.25) is 0 Å². The number of nitrogens with one attached hydrogen (secondary N) is 2. The molecule has 1 saturated carbocycles. The van der Waals surface area contributed by atoms with Crippen LogP contribution in [0.15, 0.2) is 35.3 Å². The normalized spacial score (nSPS) is 27.1. The summed E-state index contributed by atoms with van der Waals surface area (Å²) in [5.74, 6) is 0.985. The van der Waals surface area contributed by atoms with E-state index in [1.807, 2.05) is 6.07 Å². The molecule has 2 N–H and O–H groups in total. The second kappa shape index (κ2) is 4.16. The van der Waals surface area contributed by atoms with Crippen LogP contribution in [0, 0.1) is 0 Å². The van der Waals surface area contributed by atoms with Crippen molar-refractivity contribution in [3.63, 3.8) is 0 Å². The van der Waals surface area contributed by atoms with Crippen LogP contribution in [0.3, 0.4) is 0 Å². The van der Waals surface area contributed by atoms with E-state index in [0.717, 1.165) is 12.5 Å². The number of benzene rings is 1. The molecule has 1 aliphatic heterocycles. The van der Waals surface area contributed by atoms with Gasteiger partial charge in [0, 0.05) is 12.1 Å². The van der Waals surface area contributed by atoms with Crippen LogP contribution in [0.4, 0.5) is 0 Å². The van der Waals surface area contributed by atoms with Crippen molar-refractivity contribution in [3.05, 3.63) is 35.9 Å². The van der Waals surface area contributed by atoms with Gasteiger partial charge in [0.05, 0.1) is 6.54 Å². The third-order valence-corrected chi connectivity index (χ3v) is 3.42. The van der Waals surface area contributed by atoms with Crippen LogP contribution in [-0.4, -0.2) is 18.0 Å². The standard InChI is InChI=1S/C13H17N3/c1-2-5-10(6-3-1)9-14-13-15-11-7-4-8-12(11)16-13/h1-3,5-6,11-12H,4,7-9H2,(H2,14,15,16). The Morgan fingerprint density at radius 2 is 1.75 bits per heavy atom. The van der Waals surface area contributed by atoms with Gasteiger partial charge in [0.2, 0.25) is 0 Å². The maximum Gasteiger partial charge on any atom is 0.192 e. The highest BCUT2D eigenvalue weighted by atomic mass is 15.3. The molecular formula is C13H17N3. The van der Waals surface area contributed by atoms with E-state index in [2.05, 4.69) is 39.9 Å². The largest absolute Gasteiger partial charge is 0.352 e. The maximum absolute atomic E-state index is 4.57. The first-order chi connectivity index (χ1) is 7.92. The third kappa shape index (κ3) is 1.90. The highest BCUT2D eigenvalue weighted by Crippen LogP contribution is 2.22. The van der Waals surface area contributed by atoms with E-state index in [1.165, 1.54) is 24.8 Å². The molecule has 1 saturated heterocycles. The van der Waals surface area contributed by atoms with E-state index in [1.54, 1.807) is 0 Å². The Hall–Kier alpha value is -1.51. The van der Waals surface area contributed by atoms with Gasteiger partial charge in [0.1, 0.15) is 0 Å². The smallest absolute Gasteiger partial charge is 0.192 e. The minimum absolute atomic E-state index is 0.620. The molecule has 1 aromatic rings. The molecule has 1 heterocycles. The van der Waals surface area contributed by atoms with Crippen molar-refractivity contribution in [2.24, 2.45) is 4.99 Å². The fourth-order valence-corrected chi connectivity index (χ4v) is 2.54. The summed E-state index contributed by atoms with van der Waals surface area (Å²) in [7, 11) is 0. The second-order valence-electron chi connectivity index (χ2n) is 4.58. The van der Waals surface area contributed by atoms with Crippen molar-refractivity contribution in [1.82, 2.24) is 10.6 Å². The Morgan fingerprint density at radius 3 is 2.44 bits per heavy atom. The first-order valence-electron chi connectivity index (χ1n) is 6.03. The van der Waals surface area contributed by atoms with E-state index in [4.69, 9.17) is 0 Å². The molecule has 3 nitrogen and oxygen atoms in total. The third-order valence-electron chi connectivity index (χ3n) is 3.42. The monoisotopic (exact) mass is 215 g/mol. The van der Waals surface area contributed by atoms with Crippen LogP contribution in [0.25, 0.3) is 0 Å². The number of hydrogen-bond acceptors (Lipinski definition) is 1. The Balaban J connectivity index is 1.62.